The molecule has 1 spiro atoms. The van der Waals surface area contributed by atoms with E-state index in [0.29, 0.717) is 5.92 Å². The zero-order valence-electron chi connectivity index (χ0n) is 29.5. The molecule has 2 aliphatic heterocycles. The van der Waals surface area contributed by atoms with Crippen molar-refractivity contribution in [2.75, 3.05) is 0 Å². The third kappa shape index (κ3) is 4.48. The Morgan fingerprint density at radius 2 is 1.48 bits per heavy atom. The van der Waals surface area contributed by atoms with E-state index in [2.05, 4.69) is 150 Å². The molecule has 0 saturated carbocycles. The summed E-state index contributed by atoms with van der Waals surface area (Å²) in [5, 5.41) is 0. The van der Waals surface area contributed by atoms with E-state index in [-0.39, 0.29) is 24.0 Å². The molecule has 0 radical (unpaired) electrons. The van der Waals surface area contributed by atoms with E-state index in [1.165, 1.54) is 56.0 Å². The lowest BCUT2D eigenvalue weighted by atomic mass is 9.54. The van der Waals surface area contributed by atoms with Gasteiger partial charge in [0.1, 0.15) is 11.5 Å². The van der Waals surface area contributed by atoms with Gasteiger partial charge in [0, 0.05) is 57.1 Å². The summed E-state index contributed by atoms with van der Waals surface area (Å²) in [6, 6.07) is 25.2. The molecule has 3 nitrogen and oxygen atoms in total. The molecule has 0 N–H and O–H groups in total. The molecular weight excluding hydrogens is 635 g/mol. The van der Waals surface area contributed by atoms with Crippen LogP contribution in [0.4, 0.5) is 0 Å². The molecule has 0 bridgehead atoms. The highest BCUT2D eigenvalue weighted by atomic mass is 16.5. The van der Waals surface area contributed by atoms with Crippen LogP contribution in [0.25, 0.3) is 17.8 Å². The maximum Gasteiger partial charge on any atom is 0.131 e. The quantitative estimate of drug-likeness (QED) is 0.202. The van der Waals surface area contributed by atoms with Crippen LogP contribution in [0.5, 0.6) is 11.5 Å². The predicted octanol–water partition coefficient (Wildman–Crippen LogP) is 11.4. The van der Waals surface area contributed by atoms with Gasteiger partial charge in [-0.05, 0) is 85.9 Å². The van der Waals surface area contributed by atoms with Crippen molar-refractivity contribution in [2.45, 2.75) is 74.4 Å². The summed E-state index contributed by atoms with van der Waals surface area (Å²) in [4.78, 5) is 0. The molecule has 0 amide bonds. The standard InChI is InChI=1S/C49H43NO2/c1-3-13-32(14-4-1)33-24-27-47-41(29-33)49(39-18-8-11-21-45(39)51-46-22-12-9-19-40(46)49)42-30-34(25-28-48(42)52-47)35-23-26-38-37-17-7-10-20-43(37)50(44(38)31-35)36-15-5-2-6-16-36/h1-8,11,13,15-19,21,23-30,32,35,39,45-46H,9-10,12,14,20,22,31H2. The van der Waals surface area contributed by atoms with Gasteiger partial charge in [-0.3, -0.25) is 0 Å². The van der Waals surface area contributed by atoms with Crippen LogP contribution in [0, 0.1) is 5.92 Å². The topological polar surface area (TPSA) is 23.4 Å². The molecule has 1 fully saturated rings. The molecule has 6 unspecified atom stereocenters. The number of fused-ring (bicyclic) bond motifs is 11. The highest BCUT2D eigenvalue weighted by Gasteiger charge is 2.58. The van der Waals surface area contributed by atoms with Gasteiger partial charge in [-0.2, -0.15) is 0 Å². The first-order valence-corrected chi connectivity index (χ1v) is 19.4. The molecule has 52 heavy (non-hydrogen) atoms. The van der Waals surface area contributed by atoms with Gasteiger partial charge in [-0.1, -0.05) is 121 Å². The van der Waals surface area contributed by atoms with E-state index in [1.807, 2.05) is 0 Å². The summed E-state index contributed by atoms with van der Waals surface area (Å²) in [5.41, 5.74) is 13.3. The Kier molecular flexibility index (Phi) is 7.02. The monoisotopic (exact) mass is 677 g/mol. The van der Waals surface area contributed by atoms with Gasteiger partial charge in [0.05, 0.1) is 17.6 Å². The van der Waals surface area contributed by atoms with Crippen LogP contribution in [0.2, 0.25) is 0 Å². The largest absolute Gasteiger partial charge is 0.457 e. The highest BCUT2D eigenvalue weighted by Crippen LogP contribution is 2.62. The summed E-state index contributed by atoms with van der Waals surface area (Å²) < 4.78 is 16.5. The molecule has 11 rings (SSSR count). The van der Waals surface area contributed by atoms with Gasteiger partial charge < -0.3 is 14.0 Å². The van der Waals surface area contributed by atoms with Crippen molar-refractivity contribution in [3.63, 3.8) is 0 Å². The molecule has 256 valence electrons. The maximum atomic E-state index is 6.99. The molecule has 1 saturated heterocycles. The Hall–Kier alpha value is -5.12. The lowest BCUT2D eigenvalue weighted by Crippen LogP contribution is -2.54. The summed E-state index contributed by atoms with van der Waals surface area (Å²) >= 11 is 0. The molecular formula is C49H43NO2. The maximum absolute atomic E-state index is 6.99. The van der Waals surface area contributed by atoms with Crippen LogP contribution in [0.15, 0.2) is 139 Å². The van der Waals surface area contributed by atoms with E-state index in [0.717, 1.165) is 56.4 Å². The van der Waals surface area contributed by atoms with Gasteiger partial charge in [-0.15, -0.1) is 0 Å². The van der Waals surface area contributed by atoms with Crippen LogP contribution < -0.4 is 4.74 Å². The van der Waals surface area contributed by atoms with Crippen LogP contribution in [-0.4, -0.2) is 16.8 Å². The van der Waals surface area contributed by atoms with Gasteiger partial charge in [-0.25, -0.2) is 0 Å². The number of allylic oxidation sites excluding steroid dienone is 9. The van der Waals surface area contributed by atoms with Crippen molar-refractivity contribution in [3.05, 3.63) is 184 Å². The average Bonchev–Trinajstić information content (AvgIpc) is 3.55. The third-order valence-corrected chi connectivity index (χ3v) is 12.9. The number of hydrogen-bond donors (Lipinski definition) is 0. The summed E-state index contributed by atoms with van der Waals surface area (Å²) in [7, 11) is 0. The van der Waals surface area contributed by atoms with Gasteiger partial charge in [0.15, 0.2) is 0 Å². The van der Waals surface area contributed by atoms with E-state index in [4.69, 9.17) is 9.47 Å². The minimum atomic E-state index is -0.393. The molecule has 6 atom stereocenters. The van der Waals surface area contributed by atoms with Gasteiger partial charge in [0.25, 0.3) is 0 Å². The number of benzene rings is 3. The van der Waals surface area contributed by atoms with E-state index in [9.17, 15) is 0 Å². The number of rotatable bonds is 3. The SMILES string of the molecule is C1=CCC(c2ccc3c(c2)C2(C4=CCCCC4OC4C=CC=CC42)c2cc(C4C=Cc5c6c(n(-c7ccccc7)c5C4)CCC=C6)ccc2O3)C=C1. The Balaban J connectivity index is 1.09. The molecule has 3 aromatic carbocycles. The normalized spacial score (nSPS) is 28.6. The number of ether oxygens (including phenoxy) is 2. The molecule has 5 aliphatic carbocycles. The third-order valence-electron chi connectivity index (χ3n) is 12.9. The predicted molar refractivity (Wildman–Crippen MR) is 210 cm³/mol. The van der Waals surface area contributed by atoms with Crippen molar-refractivity contribution in [1.82, 2.24) is 4.57 Å². The zero-order chi connectivity index (χ0) is 34.2. The second kappa shape index (κ2) is 12.0. The van der Waals surface area contributed by atoms with E-state index in [1.54, 1.807) is 0 Å². The number of para-hydroxylation sites is 1. The number of hydrogen-bond acceptors (Lipinski definition) is 2. The first kappa shape index (κ1) is 30.5. The fraction of sp³-hybridized carbons (Fsp3) is 0.265. The van der Waals surface area contributed by atoms with Crippen molar-refractivity contribution < 1.29 is 9.47 Å². The Morgan fingerprint density at radius 1 is 0.692 bits per heavy atom. The van der Waals surface area contributed by atoms with Crippen LogP contribution >= 0.6 is 0 Å². The average molecular weight is 678 g/mol. The van der Waals surface area contributed by atoms with Gasteiger partial charge in [0.2, 0.25) is 0 Å². The minimum Gasteiger partial charge on any atom is -0.457 e. The molecule has 3 heterocycles. The van der Waals surface area contributed by atoms with Crippen molar-refractivity contribution in [2.24, 2.45) is 5.92 Å². The summed E-state index contributed by atoms with van der Waals surface area (Å²) in [6.45, 7) is 0. The van der Waals surface area contributed by atoms with Crippen LogP contribution in [-0.2, 0) is 23.0 Å². The minimum absolute atomic E-state index is 0.000434. The molecule has 4 aromatic rings. The number of aromatic nitrogens is 1. The second-order valence-electron chi connectivity index (χ2n) is 15.6. The molecule has 3 heteroatoms. The zero-order valence-corrected chi connectivity index (χ0v) is 29.5. The fourth-order valence-corrected chi connectivity index (χ4v) is 10.6. The summed E-state index contributed by atoms with van der Waals surface area (Å²) in [6.07, 6.45) is 37.8. The van der Waals surface area contributed by atoms with Crippen LogP contribution in [0.1, 0.15) is 88.7 Å². The first-order valence-electron chi connectivity index (χ1n) is 19.4. The van der Waals surface area contributed by atoms with Crippen molar-refractivity contribution in [1.29, 1.82) is 0 Å². The fourth-order valence-electron chi connectivity index (χ4n) is 10.6. The lowest BCUT2D eigenvalue weighted by Gasteiger charge is -2.55. The number of nitrogens with zero attached hydrogens (tertiary/aromatic N) is 1. The van der Waals surface area contributed by atoms with Crippen LogP contribution in [0.3, 0.4) is 0 Å². The van der Waals surface area contributed by atoms with E-state index < -0.39 is 5.41 Å². The lowest BCUT2D eigenvalue weighted by molar-refractivity contribution is -0.0455. The summed E-state index contributed by atoms with van der Waals surface area (Å²) in [5.74, 6) is 2.69. The molecule has 7 aliphatic rings. The first-order chi connectivity index (χ1) is 25.8. The molecule has 1 aromatic heterocycles. The Labute approximate surface area is 306 Å². The highest BCUT2D eigenvalue weighted by molar-refractivity contribution is 5.75. The van der Waals surface area contributed by atoms with E-state index >= 15 is 0 Å². The van der Waals surface area contributed by atoms with Crippen molar-refractivity contribution >= 4 is 12.2 Å². The van der Waals surface area contributed by atoms with Gasteiger partial charge >= 0.3 is 0 Å². The second-order valence-corrected chi connectivity index (χ2v) is 15.6. The Bertz CT molecular complexity index is 2330. The van der Waals surface area contributed by atoms with Crippen molar-refractivity contribution in [3.8, 4) is 17.2 Å². The smallest absolute Gasteiger partial charge is 0.131 e. The Morgan fingerprint density at radius 3 is 2.31 bits per heavy atom.